The van der Waals surface area contributed by atoms with E-state index in [9.17, 15) is 14.4 Å². The summed E-state index contributed by atoms with van der Waals surface area (Å²) in [6, 6.07) is 12.6. The average Bonchev–Trinajstić information content (AvgIpc) is 3.33. The molecule has 1 fully saturated rings. The van der Waals surface area contributed by atoms with Gasteiger partial charge in [-0.3, -0.25) is 14.4 Å². The summed E-state index contributed by atoms with van der Waals surface area (Å²) in [4.78, 5) is 36.0. The minimum Gasteiger partial charge on any atom is -0.483 e. The molecule has 174 valence electrons. The van der Waals surface area contributed by atoms with Crippen LogP contribution in [0.4, 0.5) is 5.69 Å². The van der Waals surface area contributed by atoms with Gasteiger partial charge in [-0.15, -0.1) is 0 Å². The van der Waals surface area contributed by atoms with Crippen LogP contribution in [0.15, 0.2) is 47.6 Å². The van der Waals surface area contributed by atoms with Crippen LogP contribution < -0.4 is 20.8 Å². The molecule has 1 heterocycles. The number of rotatable bonds is 8. The third kappa shape index (κ3) is 7.43. The number of aryl methyl sites for hydroxylation is 2. The lowest BCUT2D eigenvalue weighted by molar-refractivity contribution is -0.139. The van der Waals surface area contributed by atoms with Gasteiger partial charge < -0.3 is 20.1 Å². The van der Waals surface area contributed by atoms with Crippen LogP contribution >= 0.6 is 0 Å². The van der Waals surface area contributed by atoms with Crippen LogP contribution in [0.1, 0.15) is 29.5 Å². The smallest absolute Gasteiger partial charge is 0.329 e. The van der Waals surface area contributed by atoms with Crippen molar-refractivity contribution in [3.8, 4) is 5.75 Å². The van der Waals surface area contributed by atoms with Crippen LogP contribution in [0.5, 0.6) is 5.75 Å². The molecule has 0 saturated carbocycles. The molecule has 0 aliphatic carbocycles. The molecule has 3 rings (SSSR count). The number of hydrazone groups is 1. The minimum absolute atomic E-state index is 0.0542. The maximum Gasteiger partial charge on any atom is 0.329 e. The van der Waals surface area contributed by atoms with E-state index in [0.717, 1.165) is 24.0 Å². The quantitative estimate of drug-likeness (QED) is 0.322. The van der Waals surface area contributed by atoms with Crippen molar-refractivity contribution in [2.24, 2.45) is 5.10 Å². The summed E-state index contributed by atoms with van der Waals surface area (Å²) in [6.07, 6.45) is 3.11. The number of para-hydroxylation sites is 1. The number of amides is 3. The molecular weight excluding hydrogens is 424 g/mol. The largest absolute Gasteiger partial charge is 0.483 e. The van der Waals surface area contributed by atoms with Crippen molar-refractivity contribution in [1.82, 2.24) is 10.7 Å². The number of anilines is 1. The zero-order valence-corrected chi connectivity index (χ0v) is 18.7. The van der Waals surface area contributed by atoms with E-state index in [1.165, 1.54) is 6.21 Å². The molecule has 33 heavy (non-hydrogen) atoms. The first-order valence-electron chi connectivity index (χ1n) is 10.7. The van der Waals surface area contributed by atoms with Gasteiger partial charge in [0.1, 0.15) is 5.75 Å². The van der Waals surface area contributed by atoms with Gasteiger partial charge in [-0.2, -0.15) is 5.10 Å². The Hall–Kier alpha value is -3.72. The predicted octanol–water partition coefficient (Wildman–Crippen LogP) is 2.07. The van der Waals surface area contributed by atoms with Crippen LogP contribution in [0.3, 0.4) is 0 Å². The number of benzene rings is 2. The monoisotopic (exact) mass is 452 g/mol. The number of carbonyl (C=O) groups excluding carboxylic acids is 3. The van der Waals surface area contributed by atoms with Crippen LogP contribution in [0.25, 0.3) is 0 Å². The summed E-state index contributed by atoms with van der Waals surface area (Å²) in [7, 11) is 0. The molecule has 0 radical (unpaired) electrons. The third-order valence-corrected chi connectivity index (χ3v) is 5.16. The Morgan fingerprint density at radius 2 is 1.94 bits per heavy atom. The van der Waals surface area contributed by atoms with Crippen molar-refractivity contribution < 1.29 is 23.9 Å². The number of nitrogens with one attached hydrogen (secondary N) is 3. The summed E-state index contributed by atoms with van der Waals surface area (Å²) in [5, 5.41) is 9.14. The Bertz CT molecular complexity index is 1030. The first-order chi connectivity index (χ1) is 15.9. The molecule has 1 atom stereocenters. The van der Waals surface area contributed by atoms with E-state index in [1.54, 1.807) is 24.3 Å². The molecule has 2 aromatic rings. The van der Waals surface area contributed by atoms with E-state index < -0.39 is 11.8 Å². The Kier molecular flexibility index (Phi) is 8.54. The molecule has 3 amide bonds. The van der Waals surface area contributed by atoms with Gasteiger partial charge in [0.25, 0.3) is 5.91 Å². The molecule has 3 N–H and O–H groups in total. The van der Waals surface area contributed by atoms with Gasteiger partial charge in [0.2, 0.25) is 0 Å². The molecule has 9 heteroatoms. The topological polar surface area (TPSA) is 118 Å². The summed E-state index contributed by atoms with van der Waals surface area (Å²) < 4.78 is 11.0. The van der Waals surface area contributed by atoms with Crippen molar-refractivity contribution >= 4 is 29.6 Å². The Morgan fingerprint density at radius 1 is 1.12 bits per heavy atom. The highest BCUT2D eigenvalue weighted by atomic mass is 16.5. The summed E-state index contributed by atoms with van der Waals surface area (Å²) in [5.41, 5.74) is 5.64. The van der Waals surface area contributed by atoms with Crippen molar-refractivity contribution in [1.29, 1.82) is 0 Å². The van der Waals surface area contributed by atoms with Crippen molar-refractivity contribution in [3.05, 3.63) is 59.2 Å². The number of ether oxygens (including phenoxy) is 2. The zero-order chi connectivity index (χ0) is 23.6. The highest BCUT2D eigenvalue weighted by molar-refractivity contribution is 6.35. The molecule has 1 aliphatic rings. The van der Waals surface area contributed by atoms with E-state index in [1.807, 2.05) is 32.0 Å². The Morgan fingerprint density at radius 3 is 2.70 bits per heavy atom. The molecule has 0 bridgehead atoms. The van der Waals surface area contributed by atoms with Crippen LogP contribution in [0.2, 0.25) is 0 Å². The lowest BCUT2D eigenvalue weighted by atomic mass is 10.1. The maximum absolute atomic E-state index is 12.2. The first kappa shape index (κ1) is 23.9. The van der Waals surface area contributed by atoms with Crippen molar-refractivity contribution in [2.45, 2.75) is 32.8 Å². The second-order valence-corrected chi connectivity index (χ2v) is 7.72. The summed E-state index contributed by atoms with van der Waals surface area (Å²) in [6.45, 7) is 4.74. The Balaban J connectivity index is 1.48. The van der Waals surface area contributed by atoms with Crippen molar-refractivity contribution in [2.75, 3.05) is 25.1 Å². The molecule has 0 spiro atoms. The van der Waals surface area contributed by atoms with E-state index in [2.05, 4.69) is 21.2 Å². The van der Waals surface area contributed by atoms with Gasteiger partial charge >= 0.3 is 11.8 Å². The van der Waals surface area contributed by atoms with Crippen LogP contribution in [-0.4, -0.2) is 49.8 Å². The second-order valence-electron chi connectivity index (χ2n) is 7.72. The maximum atomic E-state index is 12.2. The molecular formula is C24H28N4O5. The number of nitrogens with zero attached hydrogens (tertiary/aromatic N) is 1. The SMILES string of the molecule is Cc1ccc(NC(=O)COc2ccccc2/C=N\NC(=O)C(=O)NC[C@H]2CCCO2)cc1C. The molecule has 0 unspecified atom stereocenters. The van der Waals surface area contributed by atoms with E-state index in [4.69, 9.17) is 9.47 Å². The molecule has 9 nitrogen and oxygen atoms in total. The lowest BCUT2D eigenvalue weighted by Gasteiger charge is -2.11. The van der Waals surface area contributed by atoms with Gasteiger partial charge in [-0.25, -0.2) is 5.43 Å². The highest BCUT2D eigenvalue weighted by Crippen LogP contribution is 2.17. The molecule has 0 aromatic heterocycles. The summed E-state index contributed by atoms with van der Waals surface area (Å²) in [5.74, 6) is -1.56. The highest BCUT2D eigenvalue weighted by Gasteiger charge is 2.19. The van der Waals surface area contributed by atoms with Gasteiger partial charge in [0.05, 0.1) is 12.3 Å². The normalized spacial score (nSPS) is 15.3. The van der Waals surface area contributed by atoms with Crippen LogP contribution in [0, 0.1) is 13.8 Å². The minimum atomic E-state index is -0.879. The van der Waals surface area contributed by atoms with E-state index in [-0.39, 0.29) is 25.2 Å². The predicted molar refractivity (Wildman–Crippen MR) is 124 cm³/mol. The van der Waals surface area contributed by atoms with Crippen molar-refractivity contribution in [3.63, 3.8) is 0 Å². The fraction of sp³-hybridized carbons (Fsp3) is 0.333. The van der Waals surface area contributed by atoms with Gasteiger partial charge in [-0.1, -0.05) is 18.2 Å². The Labute approximate surface area is 192 Å². The second kappa shape index (κ2) is 11.8. The molecule has 2 aromatic carbocycles. The van der Waals surface area contributed by atoms with E-state index >= 15 is 0 Å². The number of hydrogen-bond acceptors (Lipinski definition) is 6. The fourth-order valence-electron chi connectivity index (χ4n) is 3.18. The molecule has 1 saturated heterocycles. The van der Waals surface area contributed by atoms with Gasteiger partial charge in [0.15, 0.2) is 6.61 Å². The first-order valence-corrected chi connectivity index (χ1v) is 10.7. The van der Waals surface area contributed by atoms with E-state index in [0.29, 0.717) is 23.6 Å². The van der Waals surface area contributed by atoms with Gasteiger partial charge in [-0.05, 0) is 62.1 Å². The number of carbonyl (C=O) groups is 3. The number of hydrogen-bond donors (Lipinski definition) is 3. The zero-order valence-electron chi connectivity index (χ0n) is 18.7. The average molecular weight is 453 g/mol. The van der Waals surface area contributed by atoms with Crippen LogP contribution in [-0.2, 0) is 19.1 Å². The van der Waals surface area contributed by atoms with Gasteiger partial charge in [0, 0.05) is 24.4 Å². The molecule has 1 aliphatic heterocycles. The standard InChI is InChI=1S/C24H28N4O5/c1-16-9-10-19(12-17(16)2)27-22(29)15-33-21-8-4-3-6-18(21)13-26-28-24(31)23(30)25-14-20-7-5-11-32-20/h3-4,6,8-10,12-13,20H,5,7,11,14-15H2,1-2H3,(H,25,30)(H,27,29)(H,28,31)/b26-13-/t20-/m1/s1. The lowest BCUT2D eigenvalue weighted by Crippen LogP contribution is -2.41. The third-order valence-electron chi connectivity index (χ3n) is 5.16. The fourth-order valence-corrected chi connectivity index (χ4v) is 3.18. The summed E-state index contributed by atoms with van der Waals surface area (Å²) >= 11 is 0.